The Morgan fingerprint density at radius 1 is 1.32 bits per heavy atom. The predicted molar refractivity (Wildman–Crippen MR) is 109 cm³/mol. The average Bonchev–Trinajstić information content (AvgIpc) is 3.34. The highest BCUT2D eigenvalue weighted by Gasteiger charge is 2.34. The number of benzene rings is 2. The van der Waals surface area contributed by atoms with Crippen LogP contribution in [0.25, 0.3) is 10.2 Å². The van der Waals surface area contributed by atoms with Crippen molar-refractivity contribution in [3.63, 3.8) is 0 Å². The lowest BCUT2D eigenvalue weighted by Gasteiger charge is -2.28. The Labute approximate surface area is 166 Å². The Morgan fingerprint density at radius 3 is 2.93 bits per heavy atom. The summed E-state index contributed by atoms with van der Waals surface area (Å²) >= 11 is 1.68. The van der Waals surface area contributed by atoms with Gasteiger partial charge in [-0.15, -0.1) is 11.3 Å². The fraction of sp³-hybridized carbons (Fsp3) is 0.300. The lowest BCUT2D eigenvalue weighted by Crippen LogP contribution is -2.41. The molecule has 0 radical (unpaired) electrons. The van der Waals surface area contributed by atoms with E-state index >= 15 is 0 Å². The number of nitrogens with one attached hydrogen (secondary N) is 1. The predicted octanol–water partition coefficient (Wildman–Crippen LogP) is 4.37. The summed E-state index contributed by atoms with van der Waals surface area (Å²) in [7, 11) is 0. The highest BCUT2D eigenvalue weighted by atomic mass is 32.1. The number of likely N-dealkylation sites (tertiary alicyclic amines) is 1. The molecule has 1 aromatic heterocycles. The molecule has 8 heteroatoms. The van der Waals surface area contributed by atoms with Crippen molar-refractivity contribution in [3.05, 3.63) is 63.7 Å². The van der Waals surface area contributed by atoms with Crippen molar-refractivity contribution in [2.24, 2.45) is 0 Å². The molecule has 2 heterocycles. The molecule has 2 unspecified atom stereocenters. The van der Waals surface area contributed by atoms with Crippen LogP contribution in [-0.4, -0.2) is 33.3 Å². The van der Waals surface area contributed by atoms with E-state index in [9.17, 15) is 14.9 Å². The molecule has 1 aliphatic heterocycles. The highest BCUT2D eigenvalue weighted by Crippen LogP contribution is 2.37. The minimum absolute atomic E-state index is 0.0426. The second-order valence-corrected chi connectivity index (χ2v) is 7.95. The van der Waals surface area contributed by atoms with Gasteiger partial charge >= 0.3 is 0 Å². The van der Waals surface area contributed by atoms with Gasteiger partial charge in [0, 0.05) is 17.8 Å². The van der Waals surface area contributed by atoms with E-state index in [-0.39, 0.29) is 23.7 Å². The Bertz CT molecular complexity index is 1000. The van der Waals surface area contributed by atoms with E-state index in [1.54, 1.807) is 23.5 Å². The number of thiazole rings is 1. The van der Waals surface area contributed by atoms with Crippen LogP contribution in [0.1, 0.15) is 30.8 Å². The maximum Gasteiger partial charge on any atom is 0.271 e. The summed E-state index contributed by atoms with van der Waals surface area (Å²) in [4.78, 5) is 30.2. The number of hydrogen-bond acceptors (Lipinski definition) is 6. The van der Waals surface area contributed by atoms with Gasteiger partial charge in [-0.3, -0.25) is 19.8 Å². The number of rotatable bonds is 5. The Morgan fingerprint density at radius 2 is 2.14 bits per heavy atom. The number of anilines is 1. The number of amides is 1. The topological polar surface area (TPSA) is 88.4 Å². The minimum Gasteiger partial charge on any atom is -0.324 e. The average molecular weight is 396 g/mol. The zero-order valence-corrected chi connectivity index (χ0v) is 16.2. The van der Waals surface area contributed by atoms with E-state index in [4.69, 9.17) is 4.98 Å². The van der Waals surface area contributed by atoms with Gasteiger partial charge < -0.3 is 5.32 Å². The van der Waals surface area contributed by atoms with Crippen molar-refractivity contribution in [2.45, 2.75) is 31.8 Å². The van der Waals surface area contributed by atoms with Crippen LogP contribution in [0.5, 0.6) is 0 Å². The molecule has 1 amide bonds. The Balaban J connectivity index is 1.51. The molecule has 144 valence electrons. The molecule has 2 aromatic carbocycles. The van der Waals surface area contributed by atoms with Crippen molar-refractivity contribution >= 4 is 38.8 Å². The molecule has 0 saturated carbocycles. The summed E-state index contributed by atoms with van der Waals surface area (Å²) in [5.74, 6) is -0.173. The SMILES string of the molecule is CC(C(=O)Nc1cccc([N+](=O)[O-])c1)N1CCCC1c1nc2ccccc2s1. The van der Waals surface area contributed by atoms with Crippen LogP contribution >= 0.6 is 11.3 Å². The van der Waals surface area contributed by atoms with E-state index < -0.39 is 4.92 Å². The standard InChI is InChI=1S/C20H20N4O3S/c1-13(19(25)21-14-6-4-7-15(12-14)24(26)27)23-11-5-9-17(23)20-22-16-8-2-3-10-18(16)28-20/h2-4,6-8,10,12-13,17H,5,9,11H2,1H3,(H,21,25). The fourth-order valence-corrected chi connectivity index (χ4v) is 4.77. The van der Waals surface area contributed by atoms with E-state index in [0.717, 1.165) is 34.6 Å². The number of nitro groups is 1. The maximum atomic E-state index is 12.8. The molecule has 1 N–H and O–H groups in total. The van der Waals surface area contributed by atoms with Crippen molar-refractivity contribution in [1.82, 2.24) is 9.88 Å². The van der Waals surface area contributed by atoms with Gasteiger partial charge in [0.2, 0.25) is 5.91 Å². The second kappa shape index (κ2) is 7.65. The zero-order valence-electron chi connectivity index (χ0n) is 15.4. The zero-order chi connectivity index (χ0) is 19.7. The molecule has 0 aliphatic carbocycles. The summed E-state index contributed by atoms with van der Waals surface area (Å²) in [6.45, 7) is 2.70. The number of fused-ring (bicyclic) bond motifs is 1. The molecule has 4 rings (SSSR count). The molecule has 3 aromatic rings. The first-order valence-electron chi connectivity index (χ1n) is 9.19. The first-order chi connectivity index (χ1) is 13.5. The number of aromatic nitrogens is 1. The summed E-state index contributed by atoms with van der Waals surface area (Å²) in [6.07, 6.45) is 1.98. The van der Waals surface area contributed by atoms with Crippen molar-refractivity contribution in [2.75, 3.05) is 11.9 Å². The van der Waals surface area contributed by atoms with E-state index in [2.05, 4.69) is 16.3 Å². The summed E-state index contributed by atoms with van der Waals surface area (Å²) in [6, 6.07) is 13.8. The molecular weight excluding hydrogens is 376 g/mol. The van der Waals surface area contributed by atoms with Crippen LogP contribution in [0.2, 0.25) is 0 Å². The lowest BCUT2D eigenvalue weighted by molar-refractivity contribution is -0.384. The van der Waals surface area contributed by atoms with Crippen molar-refractivity contribution < 1.29 is 9.72 Å². The third kappa shape index (κ3) is 3.61. The van der Waals surface area contributed by atoms with Gasteiger partial charge in [-0.05, 0) is 44.5 Å². The summed E-state index contributed by atoms with van der Waals surface area (Å²) < 4.78 is 1.15. The smallest absolute Gasteiger partial charge is 0.271 e. The molecule has 7 nitrogen and oxygen atoms in total. The van der Waals surface area contributed by atoms with E-state index in [0.29, 0.717) is 5.69 Å². The monoisotopic (exact) mass is 396 g/mol. The number of carbonyl (C=O) groups is 1. The number of para-hydroxylation sites is 1. The molecule has 1 saturated heterocycles. The van der Waals surface area contributed by atoms with E-state index in [1.807, 2.05) is 25.1 Å². The van der Waals surface area contributed by atoms with Crippen LogP contribution in [-0.2, 0) is 4.79 Å². The minimum atomic E-state index is -0.470. The van der Waals surface area contributed by atoms with Crippen molar-refractivity contribution in [1.29, 1.82) is 0 Å². The van der Waals surface area contributed by atoms with Crippen LogP contribution in [0.3, 0.4) is 0 Å². The number of nitrogens with zero attached hydrogens (tertiary/aromatic N) is 3. The normalized spacial score (nSPS) is 18.2. The summed E-state index contributed by atoms with van der Waals surface area (Å²) in [5.41, 5.74) is 1.38. The molecular formula is C20H20N4O3S. The molecule has 0 bridgehead atoms. The quantitative estimate of drug-likeness (QED) is 0.511. The number of carbonyl (C=O) groups excluding carboxylic acids is 1. The van der Waals surface area contributed by atoms with Crippen LogP contribution in [0, 0.1) is 10.1 Å². The molecule has 28 heavy (non-hydrogen) atoms. The third-order valence-corrected chi connectivity index (χ3v) is 6.23. The van der Waals surface area contributed by atoms with Gasteiger partial charge in [0.1, 0.15) is 5.01 Å². The molecule has 2 atom stereocenters. The first-order valence-corrected chi connectivity index (χ1v) is 10.0. The van der Waals surface area contributed by atoms with Gasteiger partial charge in [-0.2, -0.15) is 0 Å². The van der Waals surface area contributed by atoms with Gasteiger partial charge in [0.25, 0.3) is 5.69 Å². The summed E-state index contributed by atoms with van der Waals surface area (Å²) in [5, 5.41) is 14.8. The largest absolute Gasteiger partial charge is 0.324 e. The number of hydrogen-bond donors (Lipinski definition) is 1. The van der Waals surface area contributed by atoms with Crippen LogP contribution in [0.4, 0.5) is 11.4 Å². The number of non-ortho nitro benzene ring substituents is 1. The second-order valence-electron chi connectivity index (χ2n) is 6.89. The maximum absolute atomic E-state index is 12.8. The molecule has 1 fully saturated rings. The van der Waals surface area contributed by atoms with E-state index in [1.165, 1.54) is 12.1 Å². The third-order valence-electron chi connectivity index (χ3n) is 5.09. The molecule has 0 spiro atoms. The first kappa shape index (κ1) is 18.5. The highest BCUT2D eigenvalue weighted by molar-refractivity contribution is 7.18. The van der Waals surface area contributed by atoms with Crippen molar-refractivity contribution in [3.8, 4) is 0 Å². The fourth-order valence-electron chi connectivity index (χ4n) is 3.64. The van der Waals surface area contributed by atoms with Gasteiger partial charge in [-0.25, -0.2) is 4.98 Å². The Hall–Kier alpha value is -2.84. The van der Waals surface area contributed by atoms with Gasteiger partial charge in [0.05, 0.1) is 27.2 Å². The lowest BCUT2D eigenvalue weighted by atomic mass is 10.2. The van der Waals surface area contributed by atoms with Crippen LogP contribution in [0.15, 0.2) is 48.5 Å². The van der Waals surface area contributed by atoms with Gasteiger partial charge in [0.15, 0.2) is 0 Å². The number of nitro benzene ring substituents is 1. The van der Waals surface area contributed by atoms with Gasteiger partial charge in [-0.1, -0.05) is 18.2 Å². The molecule has 1 aliphatic rings. The van der Waals surface area contributed by atoms with Crippen LogP contribution < -0.4 is 5.32 Å². The Kier molecular flexibility index (Phi) is 5.06.